The third-order valence-electron chi connectivity index (χ3n) is 10.5. The molecule has 0 N–H and O–H groups in total. The van der Waals surface area contributed by atoms with E-state index in [0.29, 0.717) is 17.6 Å². The average molecular weight is 691 g/mol. The number of fused-ring (bicyclic) bond motifs is 8. The van der Waals surface area contributed by atoms with Crippen molar-refractivity contribution in [3.05, 3.63) is 182 Å². The summed E-state index contributed by atoms with van der Waals surface area (Å²) in [5.41, 5.74) is 10.1. The Kier molecular flexibility index (Phi) is 6.79. The zero-order chi connectivity index (χ0) is 35.6. The monoisotopic (exact) mass is 690 g/mol. The zero-order valence-electron chi connectivity index (χ0n) is 29.0. The van der Waals surface area contributed by atoms with Crippen molar-refractivity contribution < 1.29 is 4.42 Å². The molecule has 5 nitrogen and oxygen atoms in total. The molecule has 5 heteroatoms. The van der Waals surface area contributed by atoms with Crippen LogP contribution in [-0.2, 0) is 0 Å². The first kappa shape index (κ1) is 30.3. The first-order valence-electron chi connectivity index (χ1n) is 18.1. The van der Waals surface area contributed by atoms with E-state index in [0.717, 1.165) is 71.7 Å². The minimum absolute atomic E-state index is 0.570. The number of aromatic nitrogens is 4. The summed E-state index contributed by atoms with van der Waals surface area (Å²) in [4.78, 5) is 15.4. The number of para-hydroxylation sites is 2. The first-order chi connectivity index (χ1) is 26.8. The van der Waals surface area contributed by atoms with Crippen LogP contribution in [0.2, 0.25) is 0 Å². The van der Waals surface area contributed by atoms with Crippen LogP contribution in [0.25, 0.3) is 105 Å². The van der Waals surface area contributed by atoms with Gasteiger partial charge in [0.05, 0.1) is 11.0 Å². The van der Waals surface area contributed by atoms with Crippen molar-refractivity contribution in [3.63, 3.8) is 0 Å². The maximum absolute atomic E-state index is 6.44. The van der Waals surface area contributed by atoms with E-state index in [1.807, 2.05) is 72.8 Å². The van der Waals surface area contributed by atoms with Crippen molar-refractivity contribution in [2.24, 2.45) is 0 Å². The minimum atomic E-state index is 0.570. The van der Waals surface area contributed by atoms with Crippen molar-refractivity contribution in [1.29, 1.82) is 0 Å². The number of hydrogen-bond donors (Lipinski definition) is 0. The standard InChI is InChI=1S/C49H30N4O/c1-3-14-32(15-4-1)47-50-48(33-16-5-2-6-17-33)52-49(51-47)53-42-28-26-31-13-7-8-20-37(31)45(42)41-27-25-35(30-43(41)53)34-18-11-19-36(29-34)38-22-12-23-40-39-21-9-10-24-44(39)54-46(38)40/h1-30H. The number of rotatable bonds is 5. The molecule has 0 bridgehead atoms. The maximum Gasteiger partial charge on any atom is 0.238 e. The van der Waals surface area contributed by atoms with Gasteiger partial charge < -0.3 is 4.42 Å². The summed E-state index contributed by atoms with van der Waals surface area (Å²) in [6.45, 7) is 0. The lowest BCUT2D eigenvalue weighted by molar-refractivity contribution is 0.670. The van der Waals surface area contributed by atoms with E-state index in [-0.39, 0.29) is 0 Å². The summed E-state index contributed by atoms with van der Waals surface area (Å²) < 4.78 is 8.64. The molecule has 8 aromatic carbocycles. The summed E-state index contributed by atoms with van der Waals surface area (Å²) in [6, 6.07) is 63.3. The summed E-state index contributed by atoms with van der Waals surface area (Å²) in [7, 11) is 0. The Morgan fingerprint density at radius 1 is 0.389 bits per heavy atom. The van der Waals surface area contributed by atoms with Gasteiger partial charge in [-0.15, -0.1) is 0 Å². The van der Waals surface area contributed by atoms with E-state index in [4.69, 9.17) is 19.4 Å². The van der Waals surface area contributed by atoms with Crippen LogP contribution in [-0.4, -0.2) is 19.5 Å². The van der Waals surface area contributed by atoms with Gasteiger partial charge in [-0.25, -0.2) is 4.98 Å². The van der Waals surface area contributed by atoms with Crippen LogP contribution in [0.1, 0.15) is 0 Å². The van der Waals surface area contributed by atoms with Gasteiger partial charge in [0.1, 0.15) is 11.2 Å². The fourth-order valence-electron chi connectivity index (χ4n) is 7.92. The molecule has 54 heavy (non-hydrogen) atoms. The highest BCUT2D eigenvalue weighted by Gasteiger charge is 2.20. The highest BCUT2D eigenvalue weighted by molar-refractivity contribution is 6.21. The molecule has 0 unspecified atom stereocenters. The second kappa shape index (κ2) is 12.1. The molecule has 3 heterocycles. The van der Waals surface area contributed by atoms with Crippen LogP contribution in [0.5, 0.6) is 0 Å². The van der Waals surface area contributed by atoms with E-state index in [1.165, 1.54) is 16.2 Å². The Balaban J connectivity index is 1.15. The van der Waals surface area contributed by atoms with E-state index >= 15 is 0 Å². The quantitative estimate of drug-likeness (QED) is 0.180. The maximum atomic E-state index is 6.44. The van der Waals surface area contributed by atoms with E-state index in [9.17, 15) is 0 Å². The van der Waals surface area contributed by atoms with Gasteiger partial charge in [-0.3, -0.25) is 4.57 Å². The Morgan fingerprint density at radius 2 is 1.02 bits per heavy atom. The minimum Gasteiger partial charge on any atom is -0.455 e. The zero-order valence-corrected chi connectivity index (χ0v) is 29.0. The molecule has 0 aliphatic heterocycles. The predicted octanol–water partition coefficient (Wildman–Crippen LogP) is 12.7. The number of furan rings is 1. The molecule has 0 aliphatic rings. The molecular formula is C49H30N4O. The lowest BCUT2D eigenvalue weighted by Crippen LogP contribution is -2.06. The second-order valence-electron chi connectivity index (χ2n) is 13.6. The Bertz CT molecular complexity index is 3160. The molecule has 11 aromatic rings. The van der Waals surface area contributed by atoms with Crippen molar-refractivity contribution >= 4 is 54.5 Å². The highest BCUT2D eigenvalue weighted by atomic mass is 16.3. The lowest BCUT2D eigenvalue weighted by atomic mass is 9.97. The van der Waals surface area contributed by atoms with Crippen molar-refractivity contribution in [1.82, 2.24) is 19.5 Å². The van der Waals surface area contributed by atoms with E-state index in [2.05, 4.69) is 114 Å². The van der Waals surface area contributed by atoms with Gasteiger partial charge in [0.2, 0.25) is 5.95 Å². The van der Waals surface area contributed by atoms with Gasteiger partial charge in [-0.05, 0) is 51.7 Å². The molecular weight excluding hydrogens is 661 g/mol. The van der Waals surface area contributed by atoms with Gasteiger partial charge in [0.15, 0.2) is 11.6 Å². The molecule has 252 valence electrons. The van der Waals surface area contributed by atoms with Gasteiger partial charge in [-0.2, -0.15) is 9.97 Å². The molecule has 0 atom stereocenters. The summed E-state index contributed by atoms with van der Waals surface area (Å²) >= 11 is 0. The Labute approximate surface area is 310 Å². The third-order valence-corrected chi connectivity index (χ3v) is 10.5. The molecule has 0 amide bonds. The van der Waals surface area contributed by atoms with E-state index in [1.54, 1.807) is 0 Å². The summed E-state index contributed by atoms with van der Waals surface area (Å²) in [6.07, 6.45) is 0. The number of nitrogens with zero attached hydrogens (tertiary/aromatic N) is 4. The smallest absolute Gasteiger partial charge is 0.238 e. The van der Waals surface area contributed by atoms with Crippen molar-refractivity contribution in [2.75, 3.05) is 0 Å². The Morgan fingerprint density at radius 3 is 1.81 bits per heavy atom. The van der Waals surface area contributed by atoms with Gasteiger partial charge in [-0.1, -0.05) is 158 Å². The highest BCUT2D eigenvalue weighted by Crippen LogP contribution is 2.40. The van der Waals surface area contributed by atoms with Crippen LogP contribution in [0.15, 0.2) is 186 Å². The van der Waals surface area contributed by atoms with Crippen LogP contribution in [0.3, 0.4) is 0 Å². The SMILES string of the molecule is c1ccc(-c2nc(-c3ccccc3)nc(-n3c4cc(-c5cccc(-c6cccc7c6oc6ccccc67)c5)ccc4c4c5ccccc5ccc43)n2)cc1. The van der Waals surface area contributed by atoms with Crippen LogP contribution in [0.4, 0.5) is 0 Å². The van der Waals surface area contributed by atoms with Gasteiger partial charge in [0, 0.05) is 38.2 Å². The fraction of sp³-hybridized carbons (Fsp3) is 0. The molecule has 0 spiro atoms. The lowest BCUT2D eigenvalue weighted by Gasteiger charge is -2.12. The molecule has 0 aliphatic carbocycles. The first-order valence-corrected chi connectivity index (χ1v) is 18.1. The molecule has 0 saturated carbocycles. The second-order valence-corrected chi connectivity index (χ2v) is 13.6. The topological polar surface area (TPSA) is 56.7 Å². The molecule has 0 radical (unpaired) electrons. The average Bonchev–Trinajstić information content (AvgIpc) is 3.80. The third kappa shape index (κ3) is 4.83. The summed E-state index contributed by atoms with van der Waals surface area (Å²) in [5.74, 6) is 1.82. The van der Waals surface area contributed by atoms with E-state index < -0.39 is 0 Å². The van der Waals surface area contributed by atoms with Crippen molar-refractivity contribution in [2.45, 2.75) is 0 Å². The fourth-order valence-corrected chi connectivity index (χ4v) is 7.92. The largest absolute Gasteiger partial charge is 0.455 e. The Hall–Kier alpha value is -7.37. The normalized spacial score (nSPS) is 11.7. The summed E-state index contributed by atoms with van der Waals surface area (Å²) in [5, 5.41) is 6.92. The van der Waals surface area contributed by atoms with Crippen molar-refractivity contribution in [3.8, 4) is 51.0 Å². The van der Waals surface area contributed by atoms with Gasteiger partial charge >= 0.3 is 0 Å². The number of benzene rings is 8. The molecule has 0 saturated heterocycles. The predicted molar refractivity (Wildman–Crippen MR) is 221 cm³/mol. The van der Waals surface area contributed by atoms with Crippen LogP contribution >= 0.6 is 0 Å². The van der Waals surface area contributed by atoms with Gasteiger partial charge in [0.25, 0.3) is 0 Å². The molecule has 0 fully saturated rings. The number of hydrogen-bond acceptors (Lipinski definition) is 4. The van der Waals surface area contributed by atoms with Crippen LogP contribution in [0, 0.1) is 0 Å². The molecule has 3 aromatic heterocycles. The molecule has 11 rings (SSSR count). The van der Waals surface area contributed by atoms with Crippen LogP contribution < -0.4 is 0 Å².